The van der Waals surface area contributed by atoms with Crippen LogP contribution in [0.2, 0.25) is 5.02 Å². The molecule has 1 aromatic carbocycles. The molecule has 0 spiro atoms. The molecule has 0 aliphatic heterocycles. The van der Waals surface area contributed by atoms with E-state index < -0.39 is 6.03 Å². The van der Waals surface area contributed by atoms with Gasteiger partial charge in [-0.05, 0) is 18.2 Å². The molecular weight excluding hydrogens is 485 g/mol. The number of anilines is 3. The van der Waals surface area contributed by atoms with E-state index in [4.69, 9.17) is 28.5 Å². The number of carbonyl (C=O) groups is 1. The van der Waals surface area contributed by atoms with E-state index in [2.05, 4.69) is 36.0 Å². The zero-order valence-electron chi connectivity index (χ0n) is 17.0. The van der Waals surface area contributed by atoms with Crippen LogP contribution in [0.3, 0.4) is 0 Å². The molecule has 0 aliphatic carbocycles. The number of carbonyl (C=O) groups excluding carboxylic acids is 1. The Morgan fingerprint density at radius 3 is 2.88 bits per heavy atom. The number of benzene rings is 1. The molecule has 0 atom stereocenters. The Morgan fingerprint density at radius 1 is 1.21 bits per heavy atom. The standard InChI is InChI=1S/C20H17Cl2N9OS/c21-4-6-31-17-16(10-28-31)26-11-27-18(17)24-5-3-14-9-25-20(33-14)30-19(32)29-13-2-1-12(8-23)15(22)7-13/h1-2,7,9-11H,3-6H2,(H,24,26,27)(H2,25,29,30,32). The summed E-state index contributed by atoms with van der Waals surface area (Å²) in [5.41, 5.74) is 2.37. The highest BCUT2D eigenvalue weighted by Gasteiger charge is 2.11. The first kappa shape index (κ1) is 22.7. The third-order valence-electron chi connectivity index (χ3n) is 4.51. The van der Waals surface area contributed by atoms with E-state index in [1.54, 1.807) is 29.2 Å². The summed E-state index contributed by atoms with van der Waals surface area (Å²) in [6.45, 7) is 1.17. The van der Waals surface area contributed by atoms with Gasteiger partial charge in [0.25, 0.3) is 0 Å². The second-order valence-electron chi connectivity index (χ2n) is 6.71. The smallest absolute Gasteiger partial charge is 0.325 e. The number of hydrogen-bond acceptors (Lipinski definition) is 8. The van der Waals surface area contributed by atoms with E-state index in [1.165, 1.54) is 23.7 Å². The number of nitrogens with one attached hydrogen (secondary N) is 3. The Hall–Kier alpha value is -3.46. The van der Waals surface area contributed by atoms with Gasteiger partial charge in [-0.1, -0.05) is 11.6 Å². The number of alkyl halides is 1. The van der Waals surface area contributed by atoms with Crippen molar-refractivity contribution in [3.63, 3.8) is 0 Å². The van der Waals surface area contributed by atoms with Crippen LogP contribution in [0, 0.1) is 11.3 Å². The second kappa shape index (κ2) is 10.4. The summed E-state index contributed by atoms with van der Waals surface area (Å²) < 4.78 is 1.78. The minimum atomic E-state index is -0.453. The molecule has 13 heteroatoms. The Labute approximate surface area is 202 Å². The van der Waals surface area contributed by atoms with Crippen molar-refractivity contribution in [3.05, 3.63) is 52.4 Å². The lowest BCUT2D eigenvalue weighted by Gasteiger charge is -2.08. The zero-order chi connectivity index (χ0) is 23.2. The summed E-state index contributed by atoms with van der Waals surface area (Å²) in [6.07, 6.45) is 5.58. The number of nitrogens with zero attached hydrogens (tertiary/aromatic N) is 6. The molecule has 0 bridgehead atoms. The van der Waals surface area contributed by atoms with Crippen LogP contribution in [0.1, 0.15) is 10.4 Å². The lowest BCUT2D eigenvalue weighted by Crippen LogP contribution is -2.19. The minimum absolute atomic E-state index is 0.269. The molecule has 0 saturated carbocycles. The van der Waals surface area contributed by atoms with Gasteiger partial charge in [0, 0.05) is 35.6 Å². The third-order valence-corrected chi connectivity index (χ3v) is 5.96. The van der Waals surface area contributed by atoms with Gasteiger partial charge in [-0.3, -0.25) is 10.00 Å². The van der Waals surface area contributed by atoms with Crippen molar-refractivity contribution < 1.29 is 4.79 Å². The van der Waals surface area contributed by atoms with Gasteiger partial charge in [0.05, 0.1) is 23.3 Å². The maximum atomic E-state index is 12.2. The number of aromatic nitrogens is 5. The topological polar surface area (TPSA) is 133 Å². The van der Waals surface area contributed by atoms with Gasteiger partial charge in [-0.25, -0.2) is 19.7 Å². The summed E-state index contributed by atoms with van der Waals surface area (Å²) in [6, 6.07) is 6.18. The number of halogens is 2. The second-order valence-corrected chi connectivity index (χ2v) is 8.61. The summed E-state index contributed by atoms with van der Waals surface area (Å²) in [7, 11) is 0. The molecule has 2 amide bonds. The molecule has 4 rings (SSSR count). The largest absolute Gasteiger partial charge is 0.368 e. The Morgan fingerprint density at radius 2 is 2.09 bits per heavy atom. The Kier molecular flexibility index (Phi) is 7.19. The molecule has 0 aliphatic rings. The van der Waals surface area contributed by atoms with E-state index in [9.17, 15) is 4.79 Å². The number of thiazole rings is 1. The average molecular weight is 502 g/mol. The fourth-order valence-corrected chi connectivity index (χ4v) is 4.22. The Bertz CT molecular complexity index is 1330. The van der Waals surface area contributed by atoms with Crippen molar-refractivity contribution in [2.75, 3.05) is 28.4 Å². The van der Waals surface area contributed by atoms with E-state index >= 15 is 0 Å². The van der Waals surface area contributed by atoms with Crippen LogP contribution in [0.4, 0.5) is 21.4 Å². The van der Waals surface area contributed by atoms with Crippen LogP contribution in [0.15, 0.2) is 36.9 Å². The van der Waals surface area contributed by atoms with E-state index in [1.807, 2.05) is 6.07 Å². The predicted octanol–water partition coefficient (Wildman–Crippen LogP) is 4.35. The van der Waals surface area contributed by atoms with Crippen LogP contribution < -0.4 is 16.0 Å². The van der Waals surface area contributed by atoms with Crippen molar-refractivity contribution in [2.24, 2.45) is 0 Å². The maximum absolute atomic E-state index is 12.2. The third kappa shape index (κ3) is 5.48. The zero-order valence-corrected chi connectivity index (χ0v) is 19.4. The molecule has 33 heavy (non-hydrogen) atoms. The number of amides is 2. The highest BCUT2D eigenvalue weighted by atomic mass is 35.5. The number of rotatable bonds is 8. The highest BCUT2D eigenvalue weighted by molar-refractivity contribution is 7.15. The predicted molar refractivity (Wildman–Crippen MR) is 129 cm³/mol. The number of aryl methyl sites for hydroxylation is 1. The van der Waals surface area contributed by atoms with Crippen molar-refractivity contribution in [2.45, 2.75) is 13.0 Å². The molecule has 0 fully saturated rings. The first-order chi connectivity index (χ1) is 16.1. The molecule has 4 aromatic rings. The maximum Gasteiger partial charge on any atom is 0.325 e. The van der Waals surface area contributed by atoms with Gasteiger partial charge in [-0.2, -0.15) is 10.4 Å². The minimum Gasteiger partial charge on any atom is -0.368 e. The van der Waals surface area contributed by atoms with Crippen LogP contribution >= 0.6 is 34.5 Å². The fourth-order valence-electron chi connectivity index (χ4n) is 3.03. The van der Waals surface area contributed by atoms with E-state index in [0.29, 0.717) is 47.6 Å². The monoisotopic (exact) mass is 501 g/mol. The summed E-state index contributed by atoms with van der Waals surface area (Å²) in [5, 5.41) is 22.6. The quantitative estimate of drug-likeness (QED) is 0.305. The summed E-state index contributed by atoms with van der Waals surface area (Å²) in [5.74, 6) is 1.12. The summed E-state index contributed by atoms with van der Waals surface area (Å²) in [4.78, 5) is 26.0. The van der Waals surface area contributed by atoms with E-state index in [-0.39, 0.29) is 5.02 Å². The van der Waals surface area contributed by atoms with Crippen molar-refractivity contribution >= 4 is 68.2 Å². The molecule has 168 valence electrons. The van der Waals surface area contributed by atoms with Crippen molar-refractivity contribution in [1.82, 2.24) is 24.7 Å². The SMILES string of the molecule is N#Cc1ccc(NC(=O)Nc2ncc(CCNc3ncnc4cnn(CCCl)c34)s2)cc1Cl. The number of nitriles is 1. The molecule has 3 N–H and O–H groups in total. The van der Waals surface area contributed by atoms with Gasteiger partial charge in [0.2, 0.25) is 0 Å². The van der Waals surface area contributed by atoms with E-state index in [0.717, 1.165) is 15.9 Å². The average Bonchev–Trinajstić information content (AvgIpc) is 3.41. The van der Waals surface area contributed by atoms with Crippen molar-refractivity contribution in [3.8, 4) is 6.07 Å². The molecule has 0 saturated heterocycles. The molecule has 3 aromatic heterocycles. The van der Waals surface area contributed by atoms with Crippen LogP contribution in [-0.4, -0.2) is 43.2 Å². The van der Waals surface area contributed by atoms with Crippen LogP contribution in [0.5, 0.6) is 0 Å². The Balaban J connectivity index is 1.32. The highest BCUT2D eigenvalue weighted by Crippen LogP contribution is 2.23. The van der Waals surface area contributed by atoms with Crippen molar-refractivity contribution in [1.29, 1.82) is 5.26 Å². The molecule has 0 unspecified atom stereocenters. The number of hydrogen-bond donors (Lipinski definition) is 3. The van der Waals surface area contributed by atoms with Gasteiger partial charge < -0.3 is 10.6 Å². The molecular formula is C20H17Cl2N9OS. The first-order valence-corrected chi connectivity index (χ1v) is 11.5. The van der Waals surface area contributed by atoms with Crippen LogP contribution in [-0.2, 0) is 13.0 Å². The first-order valence-electron chi connectivity index (χ1n) is 9.76. The van der Waals surface area contributed by atoms with Gasteiger partial charge in [-0.15, -0.1) is 22.9 Å². The van der Waals surface area contributed by atoms with Gasteiger partial charge in [0.15, 0.2) is 10.9 Å². The molecule has 0 radical (unpaired) electrons. The normalized spacial score (nSPS) is 10.7. The van der Waals surface area contributed by atoms with Crippen LogP contribution in [0.25, 0.3) is 11.0 Å². The van der Waals surface area contributed by atoms with Gasteiger partial charge in [0.1, 0.15) is 23.4 Å². The molecule has 3 heterocycles. The summed E-state index contributed by atoms with van der Waals surface area (Å²) >= 11 is 13.2. The number of fused-ring (bicyclic) bond motifs is 1. The van der Waals surface area contributed by atoms with Gasteiger partial charge >= 0.3 is 6.03 Å². The number of urea groups is 1. The fraction of sp³-hybridized carbons (Fsp3) is 0.200. The lowest BCUT2D eigenvalue weighted by molar-refractivity contribution is 0.262. The molecule has 10 nitrogen and oxygen atoms in total. The lowest BCUT2D eigenvalue weighted by atomic mass is 10.2.